The number of ether oxygens (including phenoxy) is 1. The first-order chi connectivity index (χ1) is 10.6. The van der Waals surface area contributed by atoms with Gasteiger partial charge in [0.15, 0.2) is 0 Å². The number of carboxylic acid groups (broad SMARTS) is 1. The molecule has 6 nitrogen and oxygen atoms in total. The molecular weight excluding hydrogens is 282 g/mol. The lowest BCUT2D eigenvalue weighted by Crippen LogP contribution is -2.49. The fourth-order valence-corrected chi connectivity index (χ4v) is 3.86. The fraction of sp³-hybridized carbons (Fsp3) is 0.438. The van der Waals surface area contributed by atoms with Crippen LogP contribution in [0.2, 0.25) is 0 Å². The van der Waals surface area contributed by atoms with Gasteiger partial charge in [-0.15, -0.1) is 0 Å². The number of benzene rings is 1. The van der Waals surface area contributed by atoms with E-state index < -0.39 is 6.09 Å². The number of H-pyrrole nitrogens is 1. The minimum atomic E-state index is -0.844. The van der Waals surface area contributed by atoms with Crippen molar-refractivity contribution in [3.05, 3.63) is 29.5 Å². The summed E-state index contributed by atoms with van der Waals surface area (Å²) in [6.07, 6.45) is 0.900. The Hall–Kier alpha value is -2.21. The number of methoxy groups -OCH3 is 1. The summed E-state index contributed by atoms with van der Waals surface area (Å²) < 4.78 is 5.33. The number of amides is 1. The van der Waals surface area contributed by atoms with E-state index in [2.05, 4.69) is 16.4 Å². The maximum absolute atomic E-state index is 11.3. The van der Waals surface area contributed by atoms with Crippen LogP contribution in [0.4, 0.5) is 4.79 Å². The van der Waals surface area contributed by atoms with E-state index in [1.54, 1.807) is 7.11 Å². The zero-order valence-corrected chi connectivity index (χ0v) is 12.5. The van der Waals surface area contributed by atoms with Gasteiger partial charge in [0.25, 0.3) is 0 Å². The van der Waals surface area contributed by atoms with Gasteiger partial charge in [-0.3, -0.25) is 0 Å². The molecule has 1 unspecified atom stereocenters. The van der Waals surface area contributed by atoms with E-state index in [1.807, 2.05) is 12.1 Å². The number of carbonyl (C=O) groups is 1. The Kier molecular flexibility index (Phi) is 2.84. The van der Waals surface area contributed by atoms with Crippen molar-refractivity contribution in [2.24, 2.45) is 0 Å². The summed E-state index contributed by atoms with van der Waals surface area (Å²) in [5.41, 5.74) is 3.24. The van der Waals surface area contributed by atoms with Crippen LogP contribution in [0.25, 0.3) is 10.9 Å². The molecule has 22 heavy (non-hydrogen) atoms. The molecule has 116 valence electrons. The van der Waals surface area contributed by atoms with Crippen LogP contribution in [0, 0.1) is 0 Å². The van der Waals surface area contributed by atoms with Crippen LogP contribution in [0.3, 0.4) is 0 Å². The van der Waals surface area contributed by atoms with E-state index in [9.17, 15) is 9.90 Å². The van der Waals surface area contributed by atoms with Crippen LogP contribution < -0.4 is 10.1 Å². The first kappa shape index (κ1) is 13.5. The Labute approximate surface area is 128 Å². The number of aromatic nitrogens is 1. The van der Waals surface area contributed by atoms with E-state index >= 15 is 0 Å². The lowest BCUT2D eigenvalue weighted by Gasteiger charge is -2.34. The highest BCUT2D eigenvalue weighted by molar-refractivity contribution is 5.87. The maximum atomic E-state index is 11.3. The predicted octanol–water partition coefficient (Wildman–Crippen LogP) is 1.90. The lowest BCUT2D eigenvalue weighted by molar-refractivity contribution is 0.150. The molecule has 1 aromatic carbocycles. The van der Waals surface area contributed by atoms with Gasteiger partial charge in [-0.2, -0.15) is 0 Å². The van der Waals surface area contributed by atoms with Crippen LogP contribution in [-0.4, -0.2) is 47.8 Å². The number of nitrogens with zero attached hydrogens (tertiary/aromatic N) is 1. The Balaban J connectivity index is 1.83. The van der Waals surface area contributed by atoms with Crippen molar-refractivity contribution >= 4 is 17.0 Å². The SMILES string of the molecule is COc1ccc2[nH]c3c(c2c1)CCNC31CCN(C(=O)O)C1. The molecule has 4 rings (SSSR count). The molecule has 1 spiro atoms. The van der Waals surface area contributed by atoms with Gasteiger partial charge in [0.1, 0.15) is 5.75 Å². The Bertz CT molecular complexity index is 754. The van der Waals surface area contributed by atoms with Gasteiger partial charge in [-0.1, -0.05) is 0 Å². The predicted molar refractivity (Wildman–Crippen MR) is 82.5 cm³/mol. The zero-order valence-electron chi connectivity index (χ0n) is 12.5. The first-order valence-corrected chi connectivity index (χ1v) is 7.55. The Morgan fingerprint density at radius 3 is 3.05 bits per heavy atom. The summed E-state index contributed by atoms with van der Waals surface area (Å²) in [5.74, 6) is 0.848. The number of likely N-dealkylation sites (tertiary alicyclic amines) is 1. The second kappa shape index (κ2) is 4.64. The number of rotatable bonds is 1. The van der Waals surface area contributed by atoms with E-state index in [0.717, 1.165) is 36.3 Å². The fourth-order valence-electron chi connectivity index (χ4n) is 3.86. The van der Waals surface area contributed by atoms with Crippen molar-refractivity contribution in [1.29, 1.82) is 0 Å². The number of hydrogen-bond donors (Lipinski definition) is 3. The topological polar surface area (TPSA) is 77.6 Å². The molecule has 2 aliphatic heterocycles. The second-order valence-corrected chi connectivity index (χ2v) is 6.10. The average molecular weight is 301 g/mol. The second-order valence-electron chi connectivity index (χ2n) is 6.10. The highest BCUT2D eigenvalue weighted by atomic mass is 16.5. The summed E-state index contributed by atoms with van der Waals surface area (Å²) in [6.45, 7) is 1.93. The third-order valence-electron chi connectivity index (χ3n) is 4.97. The minimum Gasteiger partial charge on any atom is -0.497 e. The molecule has 1 saturated heterocycles. The molecule has 2 aliphatic rings. The van der Waals surface area contributed by atoms with Gasteiger partial charge in [0.2, 0.25) is 0 Å². The zero-order chi connectivity index (χ0) is 15.3. The van der Waals surface area contributed by atoms with Gasteiger partial charge in [-0.25, -0.2) is 4.79 Å². The van der Waals surface area contributed by atoms with E-state index in [1.165, 1.54) is 15.8 Å². The highest BCUT2D eigenvalue weighted by Crippen LogP contribution is 2.40. The molecule has 1 aromatic heterocycles. The van der Waals surface area contributed by atoms with Crippen LogP contribution in [-0.2, 0) is 12.0 Å². The monoisotopic (exact) mass is 301 g/mol. The van der Waals surface area contributed by atoms with Crippen molar-refractivity contribution in [3.63, 3.8) is 0 Å². The van der Waals surface area contributed by atoms with Crippen LogP contribution in [0.15, 0.2) is 18.2 Å². The Morgan fingerprint density at radius 1 is 1.45 bits per heavy atom. The molecule has 1 atom stereocenters. The largest absolute Gasteiger partial charge is 0.497 e. The lowest BCUT2D eigenvalue weighted by atomic mass is 9.86. The summed E-state index contributed by atoms with van der Waals surface area (Å²) in [4.78, 5) is 16.3. The van der Waals surface area contributed by atoms with Gasteiger partial charge in [0.05, 0.1) is 12.6 Å². The molecule has 3 heterocycles. The Morgan fingerprint density at radius 2 is 2.32 bits per heavy atom. The number of fused-ring (bicyclic) bond motifs is 4. The first-order valence-electron chi connectivity index (χ1n) is 7.55. The molecule has 0 bridgehead atoms. The van der Waals surface area contributed by atoms with E-state index in [0.29, 0.717) is 13.1 Å². The van der Waals surface area contributed by atoms with Crippen molar-refractivity contribution in [2.75, 3.05) is 26.7 Å². The number of aromatic amines is 1. The van der Waals surface area contributed by atoms with Crippen molar-refractivity contribution in [3.8, 4) is 5.75 Å². The van der Waals surface area contributed by atoms with Crippen LogP contribution >= 0.6 is 0 Å². The standard InChI is InChI=1S/C16H19N3O3/c1-22-10-2-3-13-12(8-10)11-4-6-17-16(14(11)18-13)5-7-19(9-16)15(20)21/h2-3,8,17-18H,4-7,9H2,1H3,(H,20,21). The number of hydrogen-bond acceptors (Lipinski definition) is 3. The molecule has 2 aromatic rings. The number of nitrogens with one attached hydrogen (secondary N) is 2. The summed E-state index contributed by atoms with van der Waals surface area (Å²) in [7, 11) is 1.67. The van der Waals surface area contributed by atoms with Crippen LogP contribution in [0.5, 0.6) is 5.75 Å². The molecule has 0 saturated carbocycles. The third-order valence-corrected chi connectivity index (χ3v) is 4.97. The molecule has 6 heteroatoms. The summed E-state index contributed by atoms with van der Waals surface area (Å²) in [5, 5.41) is 14.0. The van der Waals surface area contributed by atoms with Gasteiger partial charge >= 0.3 is 6.09 Å². The van der Waals surface area contributed by atoms with Gasteiger partial charge < -0.3 is 25.0 Å². The molecule has 0 radical (unpaired) electrons. The van der Waals surface area contributed by atoms with Crippen molar-refractivity contribution in [2.45, 2.75) is 18.4 Å². The van der Waals surface area contributed by atoms with Gasteiger partial charge in [0, 0.05) is 36.2 Å². The van der Waals surface area contributed by atoms with Crippen molar-refractivity contribution in [1.82, 2.24) is 15.2 Å². The summed E-state index contributed by atoms with van der Waals surface area (Å²) >= 11 is 0. The van der Waals surface area contributed by atoms with Crippen LogP contribution in [0.1, 0.15) is 17.7 Å². The minimum absolute atomic E-state index is 0.280. The molecule has 0 aliphatic carbocycles. The smallest absolute Gasteiger partial charge is 0.407 e. The maximum Gasteiger partial charge on any atom is 0.407 e. The normalized spacial score (nSPS) is 24.0. The molecule has 3 N–H and O–H groups in total. The summed E-state index contributed by atoms with van der Waals surface area (Å²) in [6, 6.07) is 6.04. The quantitative estimate of drug-likeness (QED) is 0.752. The van der Waals surface area contributed by atoms with Gasteiger partial charge in [-0.05, 0) is 36.6 Å². The molecule has 1 fully saturated rings. The third kappa shape index (κ3) is 1.80. The molecule has 1 amide bonds. The highest BCUT2D eigenvalue weighted by Gasteiger charge is 2.45. The van der Waals surface area contributed by atoms with E-state index in [4.69, 9.17) is 4.74 Å². The van der Waals surface area contributed by atoms with Crippen molar-refractivity contribution < 1.29 is 14.6 Å². The molecular formula is C16H19N3O3. The average Bonchev–Trinajstić information content (AvgIpc) is 3.10. The van der Waals surface area contributed by atoms with E-state index in [-0.39, 0.29) is 5.54 Å².